The van der Waals surface area contributed by atoms with E-state index in [1.54, 1.807) is 26.1 Å². The van der Waals surface area contributed by atoms with Crippen LogP contribution in [0.2, 0.25) is 0 Å². The molecule has 10 heteroatoms. The van der Waals surface area contributed by atoms with E-state index in [-0.39, 0.29) is 31.0 Å². The predicted molar refractivity (Wildman–Crippen MR) is 113 cm³/mol. The Labute approximate surface area is 181 Å². The number of halogens is 3. The number of likely N-dealkylation sites (N-methyl/N-ethyl adjacent to an activating group) is 1. The summed E-state index contributed by atoms with van der Waals surface area (Å²) in [6.45, 7) is 0.409. The molecule has 0 atom stereocenters. The van der Waals surface area contributed by atoms with Crippen LogP contribution in [0.4, 0.5) is 24.7 Å². The smallest absolute Gasteiger partial charge is 0.298 e. The Morgan fingerprint density at radius 3 is 2.81 bits per heavy atom. The van der Waals surface area contributed by atoms with Gasteiger partial charge < -0.3 is 20.1 Å². The summed E-state index contributed by atoms with van der Waals surface area (Å²) in [6, 6.07) is 7.19. The number of carbonyl (C=O) groups excluding carboxylic acids is 1. The van der Waals surface area contributed by atoms with Crippen LogP contribution in [0.5, 0.6) is 5.75 Å². The number of aryl methyl sites for hydroxylation is 1. The van der Waals surface area contributed by atoms with E-state index in [0.29, 0.717) is 34.0 Å². The van der Waals surface area contributed by atoms with E-state index in [4.69, 9.17) is 9.84 Å². The molecule has 2 N–H and O–H groups in total. The van der Waals surface area contributed by atoms with Gasteiger partial charge in [0, 0.05) is 25.0 Å². The van der Waals surface area contributed by atoms with Crippen LogP contribution < -0.4 is 15.0 Å². The number of amides is 1. The molecule has 32 heavy (non-hydrogen) atoms. The number of aliphatic hydroxyl groups is 1. The molecule has 3 aromatic rings. The van der Waals surface area contributed by atoms with Crippen molar-refractivity contribution in [1.29, 1.82) is 0 Å². The van der Waals surface area contributed by atoms with Gasteiger partial charge >= 0.3 is 0 Å². The molecule has 0 saturated carbocycles. The summed E-state index contributed by atoms with van der Waals surface area (Å²) in [5.41, 5.74) is 0.445. The zero-order valence-electron chi connectivity index (χ0n) is 17.5. The number of benzene rings is 2. The topological polar surface area (TPSA) is 87.6 Å². The van der Waals surface area contributed by atoms with Gasteiger partial charge in [-0.2, -0.15) is 8.78 Å². The third-order valence-electron chi connectivity index (χ3n) is 5.33. The van der Waals surface area contributed by atoms with Gasteiger partial charge in [0.25, 0.3) is 11.8 Å². The SMILES string of the molecule is Cc1nc(NCCc2cccc(C(F)(F)CO)c2F)c2cc3c(cc2n1)OCC(=O)N3C. The number of hydrogen-bond acceptors (Lipinski definition) is 6. The minimum absolute atomic E-state index is 0.0515. The zero-order chi connectivity index (χ0) is 23.0. The average Bonchev–Trinajstić information content (AvgIpc) is 2.76. The van der Waals surface area contributed by atoms with Crippen LogP contribution in [0, 0.1) is 12.7 Å². The minimum atomic E-state index is -3.65. The molecule has 0 bridgehead atoms. The van der Waals surface area contributed by atoms with Crippen LogP contribution in [-0.4, -0.2) is 47.8 Å². The Hall–Kier alpha value is -3.40. The lowest BCUT2D eigenvalue weighted by Crippen LogP contribution is -2.35. The number of nitrogens with zero attached hydrogens (tertiary/aromatic N) is 3. The van der Waals surface area contributed by atoms with Gasteiger partial charge in [-0.15, -0.1) is 0 Å². The first-order valence-electron chi connectivity index (χ1n) is 9.93. The Morgan fingerprint density at radius 2 is 2.06 bits per heavy atom. The quantitative estimate of drug-likeness (QED) is 0.605. The van der Waals surface area contributed by atoms with E-state index < -0.39 is 23.9 Å². The molecule has 0 spiro atoms. The first-order chi connectivity index (χ1) is 15.2. The summed E-state index contributed by atoms with van der Waals surface area (Å²) in [5, 5.41) is 12.6. The summed E-state index contributed by atoms with van der Waals surface area (Å²) in [4.78, 5) is 22.3. The molecule has 1 aromatic heterocycles. The fourth-order valence-electron chi connectivity index (χ4n) is 3.60. The van der Waals surface area contributed by atoms with Crippen LogP contribution in [-0.2, 0) is 17.1 Å². The van der Waals surface area contributed by atoms with Crippen LogP contribution >= 0.6 is 0 Å². The molecule has 0 unspecified atom stereocenters. The standard InChI is InChI=1S/C22H21F3N4O3/c1-12-27-16-9-18-17(29(2)19(31)10-32-18)8-14(16)21(28-12)26-7-6-13-4-3-5-15(20(13)23)22(24,25)11-30/h3-5,8-9,30H,6-7,10-11H2,1-2H3,(H,26,27,28). The van der Waals surface area contributed by atoms with E-state index in [2.05, 4.69) is 15.3 Å². The van der Waals surface area contributed by atoms with E-state index in [1.807, 2.05) is 0 Å². The number of ether oxygens (including phenoxy) is 1. The van der Waals surface area contributed by atoms with E-state index in [1.165, 1.54) is 17.0 Å². The number of aromatic nitrogens is 2. The van der Waals surface area contributed by atoms with Gasteiger partial charge in [-0.05, 0) is 31.0 Å². The van der Waals surface area contributed by atoms with E-state index >= 15 is 0 Å². The summed E-state index contributed by atoms with van der Waals surface area (Å²) < 4.78 is 47.6. The molecule has 4 rings (SSSR count). The lowest BCUT2D eigenvalue weighted by molar-refractivity contribution is -0.120. The Kier molecular flexibility index (Phi) is 5.64. The monoisotopic (exact) mass is 446 g/mol. The molecular formula is C22H21F3N4O3. The maximum absolute atomic E-state index is 14.6. The number of nitrogens with one attached hydrogen (secondary N) is 1. The maximum Gasteiger partial charge on any atom is 0.298 e. The van der Waals surface area contributed by atoms with Crippen molar-refractivity contribution in [2.75, 3.05) is 37.0 Å². The number of aliphatic hydroxyl groups excluding tert-OH is 1. The molecule has 1 aliphatic heterocycles. The highest BCUT2D eigenvalue weighted by molar-refractivity contribution is 6.02. The normalized spacial score (nSPS) is 13.8. The van der Waals surface area contributed by atoms with Crippen LogP contribution in [0.3, 0.4) is 0 Å². The zero-order valence-corrected chi connectivity index (χ0v) is 17.5. The number of alkyl halides is 2. The van der Waals surface area contributed by atoms with E-state index in [9.17, 15) is 18.0 Å². The van der Waals surface area contributed by atoms with Crippen molar-refractivity contribution < 1.29 is 27.8 Å². The Bertz CT molecular complexity index is 1200. The average molecular weight is 446 g/mol. The van der Waals surface area contributed by atoms with Gasteiger partial charge in [0.15, 0.2) is 6.61 Å². The number of rotatable bonds is 6. The largest absolute Gasteiger partial charge is 0.481 e. The lowest BCUT2D eigenvalue weighted by Gasteiger charge is -2.26. The van der Waals surface area contributed by atoms with Gasteiger partial charge in [0.1, 0.15) is 29.8 Å². The molecule has 0 saturated heterocycles. The van der Waals surface area contributed by atoms with Gasteiger partial charge in [0.2, 0.25) is 0 Å². The highest BCUT2D eigenvalue weighted by atomic mass is 19.3. The van der Waals surface area contributed by atoms with Crippen molar-refractivity contribution in [1.82, 2.24) is 9.97 Å². The molecule has 0 fully saturated rings. The summed E-state index contributed by atoms with van der Waals surface area (Å²) in [7, 11) is 1.65. The number of carbonyl (C=O) groups is 1. The highest BCUT2D eigenvalue weighted by Gasteiger charge is 2.34. The fraction of sp³-hybridized carbons (Fsp3) is 0.318. The molecular weight excluding hydrogens is 425 g/mol. The van der Waals surface area contributed by atoms with Crippen molar-refractivity contribution in [3.8, 4) is 5.75 Å². The van der Waals surface area contributed by atoms with Gasteiger partial charge in [0.05, 0.1) is 16.8 Å². The van der Waals surface area contributed by atoms with Gasteiger partial charge in [-0.3, -0.25) is 4.79 Å². The van der Waals surface area contributed by atoms with Crippen molar-refractivity contribution in [3.63, 3.8) is 0 Å². The molecule has 7 nitrogen and oxygen atoms in total. The predicted octanol–water partition coefficient (Wildman–Crippen LogP) is 3.17. The highest BCUT2D eigenvalue weighted by Crippen LogP contribution is 2.37. The van der Waals surface area contributed by atoms with Crippen LogP contribution in [0.15, 0.2) is 30.3 Å². The van der Waals surface area contributed by atoms with E-state index in [0.717, 1.165) is 6.07 Å². The fourth-order valence-corrected chi connectivity index (χ4v) is 3.60. The summed E-state index contributed by atoms with van der Waals surface area (Å²) in [5.74, 6) is -3.38. The second kappa shape index (κ2) is 8.27. The van der Waals surface area contributed by atoms with Crippen molar-refractivity contribution in [2.24, 2.45) is 0 Å². The van der Waals surface area contributed by atoms with Crippen molar-refractivity contribution >= 4 is 28.3 Å². The Balaban J connectivity index is 1.60. The first-order valence-corrected chi connectivity index (χ1v) is 9.93. The number of hydrogen-bond donors (Lipinski definition) is 2. The second-order valence-corrected chi connectivity index (χ2v) is 7.52. The number of fused-ring (bicyclic) bond motifs is 2. The molecule has 0 aliphatic carbocycles. The van der Waals surface area contributed by atoms with Crippen molar-refractivity contribution in [3.05, 3.63) is 53.1 Å². The van der Waals surface area contributed by atoms with Crippen molar-refractivity contribution in [2.45, 2.75) is 19.3 Å². The van der Waals surface area contributed by atoms with Gasteiger partial charge in [-0.25, -0.2) is 14.4 Å². The molecule has 2 heterocycles. The molecule has 1 amide bonds. The summed E-state index contributed by atoms with van der Waals surface area (Å²) >= 11 is 0. The van der Waals surface area contributed by atoms with Crippen LogP contribution in [0.1, 0.15) is 17.0 Å². The lowest BCUT2D eigenvalue weighted by atomic mass is 10.0. The second-order valence-electron chi connectivity index (χ2n) is 7.52. The first kappa shape index (κ1) is 21.8. The minimum Gasteiger partial charge on any atom is -0.481 e. The van der Waals surface area contributed by atoms with Crippen LogP contribution in [0.25, 0.3) is 10.9 Å². The molecule has 2 aromatic carbocycles. The third-order valence-corrected chi connectivity index (χ3v) is 5.33. The number of anilines is 2. The molecule has 0 radical (unpaired) electrons. The summed E-state index contributed by atoms with van der Waals surface area (Å²) in [6.07, 6.45) is 0.109. The van der Waals surface area contributed by atoms with Gasteiger partial charge in [-0.1, -0.05) is 12.1 Å². The Morgan fingerprint density at radius 1 is 1.28 bits per heavy atom. The molecule has 168 valence electrons. The third kappa shape index (κ3) is 3.93. The molecule has 1 aliphatic rings. The maximum atomic E-state index is 14.6.